The van der Waals surface area contributed by atoms with Gasteiger partial charge in [-0.05, 0) is 39.0 Å². The van der Waals surface area contributed by atoms with Gasteiger partial charge in [0.2, 0.25) is 0 Å². The molecule has 0 fully saturated rings. The summed E-state index contributed by atoms with van der Waals surface area (Å²) in [7, 11) is 0. The maximum absolute atomic E-state index is 3.64. The van der Waals surface area contributed by atoms with Gasteiger partial charge < -0.3 is 5.32 Å². The third-order valence-corrected chi connectivity index (χ3v) is 3.28. The number of hydrogen-bond acceptors (Lipinski definition) is 1. The lowest BCUT2D eigenvalue weighted by molar-refractivity contribution is 0.232. The predicted octanol–water partition coefficient (Wildman–Crippen LogP) is 4.37. The van der Waals surface area contributed by atoms with E-state index >= 15 is 0 Å². The smallest absolute Gasteiger partial charge is 0.00967 e. The van der Waals surface area contributed by atoms with Gasteiger partial charge in [-0.25, -0.2) is 0 Å². The van der Waals surface area contributed by atoms with Crippen molar-refractivity contribution in [2.24, 2.45) is 5.41 Å². The number of unbranched alkanes of at least 4 members (excludes halogenated alkanes) is 2. The van der Waals surface area contributed by atoms with Crippen molar-refractivity contribution in [3.8, 4) is 0 Å². The van der Waals surface area contributed by atoms with E-state index in [2.05, 4.69) is 46.9 Å². The maximum atomic E-state index is 3.64. The first-order valence-electron chi connectivity index (χ1n) is 6.58. The van der Waals surface area contributed by atoms with Crippen LogP contribution in [0.3, 0.4) is 0 Å². The van der Waals surface area contributed by atoms with Gasteiger partial charge in [-0.15, -0.1) is 0 Å². The van der Waals surface area contributed by atoms with Crippen LogP contribution in [-0.2, 0) is 0 Å². The molecule has 0 aromatic carbocycles. The molecule has 0 rings (SSSR count). The summed E-state index contributed by atoms with van der Waals surface area (Å²) in [6.07, 6.45) is 6.73. The van der Waals surface area contributed by atoms with E-state index in [0.717, 1.165) is 6.54 Å². The normalized spacial score (nSPS) is 16.4. The quantitative estimate of drug-likeness (QED) is 0.619. The van der Waals surface area contributed by atoms with Gasteiger partial charge in [-0.3, -0.25) is 0 Å². The molecular weight excluding hydrogens is 182 g/mol. The summed E-state index contributed by atoms with van der Waals surface area (Å²) in [6.45, 7) is 14.9. The molecule has 0 aliphatic rings. The van der Waals surface area contributed by atoms with Gasteiger partial charge in [0.05, 0.1) is 0 Å². The van der Waals surface area contributed by atoms with E-state index in [1.807, 2.05) is 0 Å². The molecule has 15 heavy (non-hydrogen) atoms. The molecule has 1 unspecified atom stereocenters. The highest BCUT2D eigenvalue weighted by atomic mass is 15.0. The third kappa shape index (κ3) is 7.84. The van der Waals surface area contributed by atoms with Gasteiger partial charge in [0.15, 0.2) is 0 Å². The minimum absolute atomic E-state index is 0.251. The highest BCUT2D eigenvalue weighted by Crippen LogP contribution is 2.28. The summed E-state index contributed by atoms with van der Waals surface area (Å²) in [4.78, 5) is 0. The highest BCUT2D eigenvalue weighted by Gasteiger charge is 2.23. The molecule has 1 heteroatoms. The molecule has 1 N–H and O–H groups in total. The topological polar surface area (TPSA) is 12.0 Å². The monoisotopic (exact) mass is 213 g/mol. The summed E-state index contributed by atoms with van der Waals surface area (Å²) in [5.41, 5.74) is 0.740. The van der Waals surface area contributed by atoms with Gasteiger partial charge in [-0.1, -0.05) is 40.0 Å². The molecule has 0 heterocycles. The van der Waals surface area contributed by atoms with Crippen molar-refractivity contribution in [3.05, 3.63) is 0 Å². The van der Waals surface area contributed by atoms with Gasteiger partial charge in [0, 0.05) is 12.1 Å². The van der Waals surface area contributed by atoms with Crippen molar-refractivity contribution < 1.29 is 0 Å². The molecule has 92 valence electrons. The first-order valence-corrected chi connectivity index (χ1v) is 6.58. The zero-order chi connectivity index (χ0) is 11.9. The lowest BCUT2D eigenvalue weighted by Crippen LogP contribution is -2.42. The highest BCUT2D eigenvalue weighted by molar-refractivity contribution is 4.80. The van der Waals surface area contributed by atoms with Crippen molar-refractivity contribution in [1.82, 2.24) is 5.32 Å². The van der Waals surface area contributed by atoms with Crippen LogP contribution < -0.4 is 5.32 Å². The Morgan fingerprint density at radius 3 is 1.93 bits per heavy atom. The molecule has 0 aliphatic heterocycles. The number of nitrogens with one attached hydrogen (secondary N) is 1. The summed E-state index contributed by atoms with van der Waals surface area (Å²) in [5, 5.41) is 3.64. The van der Waals surface area contributed by atoms with Crippen LogP contribution in [0.15, 0.2) is 0 Å². The van der Waals surface area contributed by atoms with Crippen LogP contribution >= 0.6 is 0 Å². The van der Waals surface area contributed by atoms with Crippen molar-refractivity contribution in [3.63, 3.8) is 0 Å². The Balaban J connectivity index is 3.96. The summed E-state index contributed by atoms with van der Waals surface area (Å²) in [5.74, 6) is 0. The fourth-order valence-corrected chi connectivity index (χ4v) is 1.67. The van der Waals surface area contributed by atoms with E-state index in [4.69, 9.17) is 0 Å². The largest absolute Gasteiger partial charge is 0.312 e. The average Bonchev–Trinajstić information content (AvgIpc) is 2.14. The van der Waals surface area contributed by atoms with Crippen molar-refractivity contribution in [1.29, 1.82) is 0 Å². The maximum Gasteiger partial charge on any atom is 0.00967 e. The Morgan fingerprint density at radius 2 is 1.53 bits per heavy atom. The minimum Gasteiger partial charge on any atom is -0.312 e. The molecule has 1 nitrogen and oxygen atoms in total. The van der Waals surface area contributed by atoms with Crippen LogP contribution in [0, 0.1) is 5.41 Å². The molecular formula is C14H31N. The van der Waals surface area contributed by atoms with E-state index in [1.54, 1.807) is 0 Å². The zero-order valence-electron chi connectivity index (χ0n) is 11.7. The molecule has 0 amide bonds. The van der Waals surface area contributed by atoms with E-state index < -0.39 is 0 Å². The van der Waals surface area contributed by atoms with Gasteiger partial charge in [0.1, 0.15) is 0 Å². The Kier molecular flexibility index (Phi) is 6.51. The van der Waals surface area contributed by atoms with Crippen molar-refractivity contribution in [2.45, 2.75) is 79.2 Å². The van der Waals surface area contributed by atoms with Crippen molar-refractivity contribution >= 4 is 0 Å². The number of hydrogen-bond donors (Lipinski definition) is 1. The Bertz CT molecular complexity index is 157. The SMILES string of the molecule is CCCCCC(C)(CC)CNC(C)(C)C. The van der Waals surface area contributed by atoms with Crippen molar-refractivity contribution in [2.75, 3.05) is 6.54 Å². The fraction of sp³-hybridized carbons (Fsp3) is 1.00. The van der Waals surface area contributed by atoms with Crippen LogP contribution in [0.25, 0.3) is 0 Å². The zero-order valence-corrected chi connectivity index (χ0v) is 11.7. The molecule has 0 aromatic heterocycles. The Hall–Kier alpha value is -0.0400. The molecule has 0 spiro atoms. The Morgan fingerprint density at radius 1 is 0.933 bits per heavy atom. The minimum atomic E-state index is 0.251. The second kappa shape index (κ2) is 6.52. The van der Waals surface area contributed by atoms with E-state index in [0.29, 0.717) is 5.41 Å². The molecule has 0 bridgehead atoms. The van der Waals surface area contributed by atoms with Crippen LogP contribution in [0.5, 0.6) is 0 Å². The Labute approximate surface area is 97.0 Å². The summed E-state index contributed by atoms with van der Waals surface area (Å²) >= 11 is 0. The second-order valence-corrected chi connectivity index (χ2v) is 6.22. The standard InChI is InChI=1S/C14H31N/c1-7-9-10-11-14(6,8-2)12-15-13(3,4)5/h15H,7-12H2,1-6H3. The first kappa shape index (κ1) is 15.0. The van der Waals surface area contributed by atoms with E-state index in [9.17, 15) is 0 Å². The summed E-state index contributed by atoms with van der Waals surface area (Å²) in [6, 6.07) is 0. The van der Waals surface area contributed by atoms with Crippen LogP contribution in [-0.4, -0.2) is 12.1 Å². The molecule has 0 radical (unpaired) electrons. The molecule has 0 aliphatic carbocycles. The molecule has 1 atom stereocenters. The lowest BCUT2D eigenvalue weighted by Gasteiger charge is -2.33. The lowest BCUT2D eigenvalue weighted by atomic mass is 9.81. The predicted molar refractivity (Wildman–Crippen MR) is 70.3 cm³/mol. The molecule has 0 aromatic rings. The van der Waals surface area contributed by atoms with Crippen LogP contribution in [0.2, 0.25) is 0 Å². The van der Waals surface area contributed by atoms with Crippen LogP contribution in [0.4, 0.5) is 0 Å². The average molecular weight is 213 g/mol. The second-order valence-electron chi connectivity index (χ2n) is 6.22. The van der Waals surface area contributed by atoms with Gasteiger partial charge in [-0.2, -0.15) is 0 Å². The molecule has 0 saturated heterocycles. The third-order valence-electron chi connectivity index (χ3n) is 3.28. The van der Waals surface area contributed by atoms with E-state index in [1.165, 1.54) is 32.1 Å². The van der Waals surface area contributed by atoms with Crippen LogP contribution in [0.1, 0.15) is 73.6 Å². The van der Waals surface area contributed by atoms with Gasteiger partial charge in [0.25, 0.3) is 0 Å². The number of rotatable bonds is 7. The molecule has 0 saturated carbocycles. The van der Waals surface area contributed by atoms with Gasteiger partial charge >= 0.3 is 0 Å². The summed E-state index contributed by atoms with van der Waals surface area (Å²) < 4.78 is 0. The first-order chi connectivity index (χ1) is 6.83. The van der Waals surface area contributed by atoms with E-state index in [-0.39, 0.29) is 5.54 Å². The fourth-order valence-electron chi connectivity index (χ4n) is 1.67.